The van der Waals surface area contributed by atoms with E-state index in [0.717, 1.165) is 41.5 Å². The first kappa shape index (κ1) is 17.7. The molecular formula is C21H24N4O. The Kier molecular flexibility index (Phi) is 6.04. The van der Waals surface area contributed by atoms with Crippen molar-refractivity contribution in [2.24, 2.45) is 0 Å². The molecule has 0 bridgehead atoms. The average Bonchev–Trinajstić information content (AvgIpc) is 2.69. The van der Waals surface area contributed by atoms with Crippen molar-refractivity contribution in [3.63, 3.8) is 0 Å². The van der Waals surface area contributed by atoms with Crippen molar-refractivity contribution in [1.29, 1.82) is 0 Å². The molecule has 0 amide bonds. The predicted octanol–water partition coefficient (Wildman–Crippen LogP) is 5.11. The molecule has 5 heteroatoms. The van der Waals surface area contributed by atoms with Gasteiger partial charge in [-0.3, -0.25) is 0 Å². The molecular weight excluding hydrogens is 324 g/mol. The van der Waals surface area contributed by atoms with Gasteiger partial charge in [0.25, 0.3) is 0 Å². The number of anilines is 3. The topological polar surface area (TPSA) is 59.1 Å². The standard InChI is InChI=1S/C21H24N4O/c1-3-14-22-20-15-19(16-8-6-5-7-9-16)24-21(25-20)23-17-10-12-18(13-11-17)26-4-2/h5-13,15H,3-4,14H2,1-2H3,(H2,22,23,24,25). The molecule has 2 N–H and O–H groups in total. The molecule has 0 aliphatic heterocycles. The third-order valence-electron chi connectivity index (χ3n) is 3.77. The van der Waals surface area contributed by atoms with E-state index in [1.54, 1.807) is 0 Å². The number of nitrogens with one attached hydrogen (secondary N) is 2. The van der Waals surface area contributed by atoms with Crippen molar-refractivity contribution in [3.05, 3.63) is 60.7 Å². The number of rotatable bonds is 8. The van der Waals surface area contributed by atoms with Gasteiger partial charge in [-0.15, -0.1) is 0 Å². The molecule has 1 aromatic heterocycles. The van der Waals surface area contributed by atoms with Crippen LogP contribution in [0.5, 0.6) is 5.75 Å². The van der Waals surface area contributed by atoms with Crippen LogP contribution in [0.3, 0.4) is 0 Å². The summed E-state index contributed by atoms with van der Waals surface area (Å²) >= 11 is 0. The Hall–Kier alpha value is -3.08. The van der Waals surface area contributed by atoms with Crippen LogP contribution in [0.15, 0.2) is 60.7 Å². The van der Waals surface area contributed by atoms with Gasteiger partial charge < -0.3 is 15.4 Å². The highest BCUT2D eigenvalue weighted by atomic mass is 16.5. The molecule has 0 spiro atoms. The van der Waals surface area contributed by atoms with Crippen molar-refractivity contribution in [1.82, 2.24) is 9.97 Å². The van der Waals surface area contributed by atoms with E-state index in [1.807, 2.05) is 67.6 Å². The fourth-order valence-electron chi connectivity index (χ4n) is 2.53. The summed E-state index contributed by atoms with van der Waals surface area (Å²) in [5, 5.41) is 6.63. The fraction of sp³-hybridized carbons (Fsp3) is 0.238. The first-order chi connectivity index (χ1) is 12.8. The largest absolute Gasteiger partial charge is 0.494 e. The quantitative estimate of drug-likeness (QED) is 0.592. The first-order valence-corrected chi connectivity index (χ1v) is 8.96. The summed E-state index contributed by atoms with van der Waals surface area (Å²) in [7, 11) is 0. The van der Waals surface area contributed by atoms with Crippen molar-refractivity contribution < 1.29 is 4.74 Å². The lowest BCUT2D eigenvalue weighted by Crippen LogP contribution is -2.06. The molecule has 3 rings (SSSR count). The average molecular weight is 348 g/mol. The minimum absolute atomic E-state index is 0.564. The SMILES string of the molecule is CCCNc1cc(-c2ccccc2)nc(Nc2ccc(OCC)cc2)n1. The Bertz CT molecular complexity index is 819. The number of hydrogen-bond donors (Lipinski definition) is 2. The molecule has 0 fully saturated rings. The van der Waals surface area contributed by atoms with E-state index in [-0.39, 0.29) is 0 Å². The second-order valence-corrected chi connectivity index (χ2v) is 5.84. The number of nitrogens with zero attached hydrogens (tertiary/aromatic N) is 2. The van der Waals surface area contributed by atoms with Crippen LogP contribution < -0.4 is 15.4 Å². The van der Waals surface area contributed by atoms with Gasteiger partial charge in [0.2, 0.25) is 5.95 Å². The maximum absolute atomic E-state index is 5.48. The number of ether oxygens (including phenoxy) is 1. The van der Waals surface area contributed by atoms with E-state index in [4.69, 9.17) is 4.74 Å². The minimum atomic E-state index is 0.564. The van der Waals surface area contributed by atoms with Gasteiger partial charge in [0, 0.05) is 23.9 Å². The van der Waals surface area contributed by atoms with Gasteiger partial charge in [-0.25, -0.2) is 4.98 Å². The van der Waals surface area contributed by atoms with E-state index in [9.17, 15) is 0 Å². The van der Waals surface area contributed by atoms with Gasteiger partial charge >= 0.3 is 0 Å². The van der Waals surface area contributed by atoms with Crippen molar-refractivity contribution in [2.45, 2.75) is 20.3 Å². The number of aromatic nitrogens is 2. The zero-order valence-electron chi connectivity index (χ0n) is 15.2. The van der Waals surface area contributed by atoms with Crippen LogP contribution in [0.4, 0.5) is 17.5 Å². The molecule has 2 aromatic carbocycles. The maximum Gasteiger partial charge on any atom is 0.229 e. The van der Waals surface area contributed by atoms with Gasteiger partial charge in [-0.2, -0.15) is 4.98 Å². The molecule has 0 radical (unpaired) electrons. The molecule has 26 heavy (non-hydrogen) atoms. The van der Waals surface area contributed by atoms with Crippen molar-refractivity contribution >= 4 is 17.5 Å². The summed E-state index contributed by atoms with van der Waals surface area (Å²) in [6.07, 6.45) is 1.03. The Morgan fingerprint density at radius 1 is 0.923 bits per heavy atom. The van der Waals surface area contributed by atoms with Crippen LogP contribution in [-0.2, 0) is 0 Å². The molecule has 0 atom stereocenters. The molecule has 0 saturated heterocycles. The van der Waals surface area contributed by atoms with Crippen molar-refractivity contribution in [3.8, 4) is 17.0 Å². The Labute approximate surface area is 154 Å². The fourth-order valence-corrected chi connectivity index (χ4v) is 2.53. The number of hydrogen-bond acceptors (Lipinski definition) is 5. The van der Waals surface area contributed by atoms with Gasteiger partial charge in [-0.1, -0.05) is 37.3 Å². The molecule has 0 unspecified atom stereocenters. The van der Waals surface area contributed by atoms with Crippen LogP contribution in [0.25, 0.3) is 11.3 Å². The highest BCUT2D eigenvalue weighted by Gasteiger charge is 2.07. The van der Waals surface area contributed by atoms with Gasteiger partial charge in [0.15, 0.2) is 0 Å². The van der Waals surface area contributed by atoms with Crippen LogP contribution in [0, 0.1) is 0 Å². The van der Waals surface area contributed by atoms with Crippen molar-refractivity contribution in [2.75, 3.05) is 23.8 Å². The summed E-state index contributed by atoms with van der Waals surface area (Å²) in [6, 6.07) is 19.9. The summed E-state index contributed by atoms with van der Waals surface area (Å²) in [5.74, 6) is 2.23. The molecule has 0 saturated carbocycles. The minimum Gasteiger partial charge on any atom is -0.494 e. The third kappa shape index (κ3) is 4.72. The van der Waals surface area contributed by atoms with Crippen LogP contribution in [0.1, 0.15) is 20.3 Å². The van der Waals surface area contributed by atoms with Gasteiger partial charge in [0.1, 0.15) is 11.6 Å². The second-order valence-electron chi connectivity index (χ2n) is 5.84. The van der Waals surface area contributed by atoms with E-state index in [2.05, 4.69) is 27.5 Å². The number of benzene rings is 2. The smallest absolute Gasteiger partial charge is 0.229 e. The van der Waals surface area contributed by atoms with E-state index >= 15 is 0 Å². The Balaban J connectivity index is 1.87. The monoisotopic (exact) mass is 348 g/mol. The van der Waals surface area contributed by atoms with Crippen LogP contribution >= 0.6 is 0 Å². The third-order valence-corrected chi connectivity index (χ3v) is 3.77. The van der Waals surface area contributed by atoms with Gasteiger partial charge in [0.05, 0.1) is 12.3 Å². The molecule has 5 nitrogen and oxygen atoms in total. The van der Waals surface area contributed by atoms with Crippen LogP contribution in [-0.4, -0.2) is 23.1 Å². The highest BCUT2D eigenvalue weighted by Crippen LogP contribution is 2.24. The predicted molar refractivity (Wildman–Crippen MR) is 107 cm³/mol. The lowest BCUT2D eigenvalue weighted by Gasteiger charge is -2.11. The second kappa shape index (κ2) is 8.85. The summed E-state index contributed by atoms with van der Waals surface area (Å²) < 4.78 is 5.48. The summed E-state index contributed by atoms with van der Waals surface area (Å²) in [6.45, 7) is 5.63. The van der Waals surface area contributed by atoms with E-state index < -0.39 is 0 Å². The van der Waals surface area contributed by atoms with E-state index in [1.165, 1.54) is 0 Å². The lowest BCUT2D eigenvalue weighted by molar-refractivity contribution is 0.340. The molecule has 1 heterocycles. The molecule has 3 aromatic rings. The molecule has 0 aliphatic rings. The normalized spacial score (nSPS) is 10.4. The van der Waals surface area contributed by atoms with Gasteiger partial charge in [-0.05, 0) is 37.6 Å². The Morgan fingerprint density at radius 3 is 2.38 bits per heavy atom. The Morgan fingerprint density at radius 2 is 1.69 bits per heavy atom. The van der Waals surface area contributed by atoms with E-state index in [0.29, 0.717) is 12.6 Å². The zero-order valence-corrected chi connectivity index (χ0v) is 15.2. The molecule has 0 aliphatic carbocycles. The van der Waals surface area contributed by atoms with Crippen LogP contribution in [0.2, 0.25) is 0 Å². The zero-order chi connectivity index (χ0) is 18.2. The maximum atomic E-state index is 5.48. The molecule has 134 valence electrons. The summed E-state index contributed by atoms with van der Waals surface area (Å²) in [5.41, 5.74) is 2.86. The first-order valence-electron chi connectivity index (χ1n) is 8.96. The lowest BCUT2D eigenvalue weighted by atomic mass is 10.1. The highest BCUT2D eigenvalue weighted by molar-refractivity contribution is 5.66. The summed E-state index contributed by atoms with van der Waals surface area (Å²) in [4.78, 5) is 9.26.